The Bertz CT molecular complexity index is 923. The molecular weight excluding hydrogens is 384 g/mol. The molecule has 1 atom stereocenters. The average molecular weight is 404 g/mol. The number of hydrogen-bond donors (Lipinski definition) is 1. The fourth-order valence-electron chi connectivity index (χ4n) is 3.08. The fourth-order valence-corrected chi connectivity index (χ4v) is 4.36. The number of para-hydroxylation sites is 2. The number of thiophene rings is 1. The Labute approximate surface area is 165 Å². The van der Waals surface area contributed by atoms with Gasteiger partial charge < -0.3 is 14.8 Å². The first-order valence-electron chi connectivity index (χ1n) is 8.95. The van der Waals surface area contributed by atoms with Gasteiger partial charge in [-0.3, -0.25) is 14.9 Å². The number of carbonyl (C=O) groups excluding carboxylic acids is 2. The Kier molecular flexibility index (Phi) is 5.93. The van der Waals surface area contributed by atoms with Crippen molar-refractivity contribution in [1.82, 2.24) is 0 Å². The van der Waals surface area contributed by atoms with Crippen molar-refractivity contribution in [2.75, 3.05) is 11.9 Å². The van der Waals surface area contributed by atoms with Crippen LogP contribution in [0.5, 0.6) is 5.75 Å². The Morgan fingerprint density at radius 2 is 2.07 bits per heavy atom. The zero-order valence-corrected chi connectivity index (χ0v) is 16.3. The van der Waals surface area contributed by atoms with E-state index in [9.17, 15) is 19.7 Å². The highest BCUT2D eigenvalue weighted by atomic mass is 32.1. The van der Waals surface area contributed by atoms with Gasteiger partial charge in [0, 0.05) is 10.9 Å². The summed E-state index contributed by atoms with van der Waals surface area (Å²) in [7, 11) is 0. The molecule has 3 rings (SSSR count). The third kappa shape index (κ3) is 3.99. The minimum absolute atomic E-state index is 0.00874. The standard InChI is InChI=1S/C19H20N2O6S/c1-3-26-19(23)16-12-7-6-10-15(12)28-18(16)20-17(22)11(2)27-14-9-5-4-8-13(14)21(24)25/h4-5,8-9,11H,3,6-7,10H2,1-2H3,(H,20,22)/t11-/m0/s1. The molecule has 1 amide bonds. The Morgan fingerprint density at radius 3 is 2.79 bits per heavy atom. The summed E-state index contributed by atoms with van der Waals surface area (Å²) >= 11 is 1.37. The predicted octanol–water partition coefficient (Wildman–Crippen LogP) is 3.73. The first kappa shape index (κ1) is 19.8. The van der Waals surface area contributed by atoms with Gasteiger partial charge >= 0.3 is 11.7 Å². The molecule has 0 bridgehead atoms. The largest absolute Gasteiger partial charge is 0.474 e. The van der Waals surface area contributed by atoms with Gasteiger partial charge in [-0.05, 0) is 44.7 Å². The van der Waals surface area contributed by atoms with Gasteiger partial charge in [0.1, 0.15) is 5.00 Å². The number of rotatable bonds is 7. The normalized spacial score (nSPS) is 13.5. The molecule has 1 aliphatic rings. The number of nitrogens with zero attached hydrogens (tertiary/aromatic N) is 1. The van der Waals surface area contributed by atoms with Crippen LogP contribution >= 0.6 is 11.3 Å². The monoisotopic (exact) mass is 404 g/mol. The number of anilines is 1. The summed E-state index contributed by atoms with van der Waals surface area (Å²) in [6.45, 7) is 3.47. The molecule has 1 heterocycles. The van der Waals surface area contributed by atoms with Crippen LogP contribution in [0.25, 0.3) is 0 Å². The molecule has 0 radical (unpaired) electrons. The molecule has 148 valence electrons. The van der Waals surface area contributed by atoms with Gasteiger partial charge in [-0.2, -0.15) is 0 Å². The summed E-state index contributed by atoms with van der Waals surface area (Å²) in [5.41, 5.74) is 1.13. The molecule has 0 unspecified atom stereocenters. The molecule has 28 heavy (non-hydrogen) atoms. The van der Waals surface area contributed by atoms with Crippen molar-refractivity contribution in [3.63, 3.8) is 0 Å². The Balaban J connectivity index is 1.78. The number of ether oxygens (including phenoxy) is 2. The maximum atomic E-state index is 12.6. The number of nitro benzene ring substituents is 1. The highest BCUT2D eigenvalue weighted by Crippen LogP contribution is 2.39. The maximum Gasteiger partial charge on any atom is 0.341 e. The highest BCUT2D eigenvalue weighted by Gasteiger charge is 2.29. The second-order valence-corrected chi connectivity index (χ2v) is 7.36. The van der Waals surface area contributed by atoms with E-state index in [0.29, 0.717) is 10.6 Å². The molecule has 1 aromatic carbocycles. The highest BCUT2D eigenvalue weighted by molar-refractivity contribution is 7.17. The molecule has 1 aliphatic carbocycles. The van der Waals surface area contributed by atoms with E-state index in [0.717, 1.165) is 29.7 Å². The molecule has 9 heteroatoms. The molecule has 8 nitrogen and oxygen atoms in total. The summed E-state index contributed by atoms with van der Waals surface area (Å²) in [6.07, 6.45) is 1.62. The van der Waals surface area contributed by atoms with Gasteiger partial charge in [-0.15, -0.1) is 11.3 Å². The van der Waals surface area contributed by atoms with Crippen molar-refractivity contribution in [3.05, 3.63) is 50.4 Å². The topological polar surface area (TPSA) is 108 Å². The number of fused-ring (bicyclic) bond motifs is 1. The number of nitrogens with one attached hydrogen (secondary N) is 1. The summed E-state index contributed by atoms with van der Waals surface area (Å²) in [6, 6.07) is 5.86. The smallest absolute Gasteiger partial charge is 0.341 e. The van der Waals surface area contributed by atoms with Crippen LogP contribution < -0.4 is 10.1 Å². The Morgan fingerprint density at radius 1 is 1.32 bits per heavy atom. The van der Waals surface area contributed by atoms with Crippen LogP contribution in [-0.2, 0) is 22.4 Å². The first-order chi connectivity index (χ1) is 13.4. The molecule has 0 saturated heterocycles. The number of carbonyl (C=O) groups is 2. The molecule has 1 N–H and O–H groups in total. The summed E-state index contributed by atoms with van der Waals surface area (Å²) < 4.78 is 10.6. The lowest BCUT2D eigenvalue weighted by Gasteiger charge is -2.15. The minimum atomic E-state index is -0.993. The van der Waals surface area contributed by atoms with Crippen molar-refractivity contribution in [1.29, 1.82) is 0 Å². The number of aryl methyl sites for hydroxylation is 1. The first-order valence-corrected chi connectivity index (χ1v) is 9.76. The van der Waals surface area contributed by atoms with Crippen LogP contribution in [-0.4, -0.2) is 29.5 Å². The van der Waals surface area contributed by atoms with E-state index in [1.165, 1.54) is 36.5 Å². The van der Waals surface area contributed by atoms with Crippen molar-refractivity contribution in [2.24, 2.45) is 0 Å². The van der Waals surface area contributed by atoms with Gasteiger partial charge in [0.05, 0.1) is 17.1 Å². The summed E-state index contributed by atoms with van der Waals surface area (Å²) in [4.78, 5) is 36.6. The van der Waals surface area contributed by atoms with E-state index < -0.39 is 22.9 Å². The predicted molar refractivity (Wildman–Crippen MR) is 104 cm³/mol. The molecular formula is C19H20N2O6S. The molecule has 2 aromatic rings. The number of amides is 1. The van der Waals surface area contributed by atoms with Gasteiger partial charge in [0.15, 0.2) is 11.9 Å². The van der Waals surface area contributed by atoms with Gasteiger partial charge in [-0.25, -0.2) is 4.79 Å². The van der Waals surface area contributed by atoms with Crippen molar-refractivity contribution in [3.8, 4) is 5.75 Å². The van der Waals surface area contributed by atoms with Gasteiger partial charge in [0.2, 0.25) is 0 Å². The number of hydrogen-bond acceptors (Lipinski definition) is 7. The third-order valence-electron chi connectivity index (χ3n) is 4.37. The molecule has 0 spiro atoms. The van der Waals surface area contributed by atoms with Crippen LogP contribution in [0.1, 0.15) is 41.1 Å². The van der Waals surface area contributed by atoms with Crippen LogP contribution in [0.3, 0.4) is 0 Å². The lowest BCUT2D eigenvalue weighted by Crippen LogP contribution is -2.30. The number of esters is 1. The SMILES string of the molecule is CCOC(=O)c1c(NC(=O)[C@H](C)Oc2ccccc2[N+](=O)[O-])sc2c1CCC2. The third-order valence-corrected chi connectivity index (χ3v) is 5.58. The van der Waals surface area contributed by atoms with E-state index in [1.54, 1.807) is 13.0 Å². The van der Waals surface area contributed by atoms with E-state index in [4.69, 9.17) is 9.47 Å². The molecule has 0 aliphatic heterocycles. The van der Waals surface area contributed by atoms with Crippen LogP contribution in [0.4, 0.5) is 10.7 Å². The second kappa shape index (κ2) is 8.39. The zero-order chi connectivity index (χ0) is 20.3. The van der Waals surface area contributed by atoms with Gasteiger partial charge in [-0.1, -0.05) is 12.1 Å². The molecule has 0 fully saturated rings. The van der Waals surface area contributed by atoms with Crippen LogP contribution in [0.2, 0.25) is 0 Å². The van der Waals surface area contributed by atoms with Crippen molar-refractivity contribution >= 4 is 33.9 Å². The zero-order valence-electron chi connectivity index (χ0n) is 15.5. The van der Waals surface area contributed by atoms with E-state index in [2.05, 4.69) is 5.32 Å². The lowest BCUT2D eigenvalue weighted by molar-refractivity contribution is -0.386. The average Bonchev–Trinajstić information content (AvgIpc) is 3.22. The quantitative estimate of drug-likeness (QED) is 0.428. The lowest BCUT2D eigenvalue weighted by atomic mass is 10.1. The van der Waals surface area contributed by atoms with Crippen molar-refractivity contribution < 1.29 is 24.0 Å². The van der Waals surface area contributed by atoms with E-state index in [-0.39, 0.29) is 18.0 Å². The van der Waals surface area contributed by atoms with E-state index >= 15 is 0 Å². The van der Waals surface area contributed by atoms with Crippen molar-refractivity contribution in [2.45, 2.75) is 39.2 Å². The second-order valence-electron chi connectivity index (χ2n) is 6.26. The molecule has 1 aromatic heterocycles. The van der Waals surface area contributed by atoms with Crippen LogP contribution in [0, 0.1) is 10.1 Å². The summed E-state index contributed by atoms with van der Waals surface area (Å²) in [5, 5.41) is 14.3. The Hall–Kier alpha value is -2.94. The van der Waals surface area contributed by atoms with E-state index in [1.807, 2.05) is 0 Å². The number of nitro groups is 1. The fraction of sp³-hybridized carbons (Fsp3) is 0.368. The minimum Gasteiger partial charge on any atom is -0.474 e. The van der Waals surface area contributed by atoms with Gasteiger partial charge in [0.25, 0.3) is 5.91 Å². The maximum absolute atomic E-state index is 12.6. The summed E-state index contributed by atoms with van der Waals surface area (Å²) in [5.74, 6) is -0.942. The van der Waals surface area contributed by atoms with Crippen LogP contribution in [0.15, 0.2) is 24.3 Å². The number of benzene rings is 1. The molecule has 0 saturated carbocycles.